The van der Waals surface area contributed by atoms with Crippen LogP contribution in [0.2, 0.25) is 10.0 Å². The van der Waals surface area contributed by atoms with Gasteiger partial charge in [-0.15, -0.1) is 0 Å². The molecule has 0 unspecified atom stereocenters. The predicted molar refractivity (Wildman–Crippen MR) is 122 cm³/mol. The number of rotatable bonds is 5. The Kier molecular flexibility index (Phi) is 6.21. The van der Waals surface area contributed by atoms with E-state index in [4.69, 9.17) is 23.2 Å². The van der Waals surface area contributed by atoms with Crippen LogP contribution >= 0.6 is 23.2 Å². The zero-order chi connectivity index (χ0) is 22.2. The number of hydrogen-bond acceptors (Lipinski definition) is 3. The Balaban J connectivity index is 2.18. The summed E-state index contributed by atoms with van der Waals surface area (Å²) in [6.07, 6.45) is -0.191. The van der Waals surface area contributed by atoms with Crippen LogP contribution in [-0.4, -0.2) is 21.3 Å². The highest BCUT2D eigenvalue weighted by Gasteiger charge is 2.28. The third kappa shape index (κ3) is 4.50. The molecule has 3 rings (SSSR count). The lowest BCUT2D eigenvalue weighted by molar-refractivity contribution is -0.125. The molecule has 0 fully saturated rings. The summed E-state index contributed by atoms with van der Waals surface area (Å²) in [5.41, 5.74) is 3.78. The van der Waals surface area contributed by atoms with Gasteiger partial charge in [-0.3, -0.25) is 9.59 Å². The third-order valence-electron chi connectivity index (χ3n) is 5.01. The highest BCUT2D eigenvalue weighted by Crippen LogP contribution is 2.33. The molecule has 3 aromatic rings. The van der Waals surface area contributed by atoms with Gasteiger partial charge in [0, 0.05) is 21.6 Å². The van der Waals surface area contributed by atoms with Crippen molar-refractivity contribution < 1.29 is 9.59 Å². The molecule has 0 aliphatic carbocycles. The van der Waals surface area contributed by atoms with E-state index in [0.717, 1.165) is 16.8 Å². The minimum absolute atomic E-state index is 0.122. The first-order valence-electron chi connectivity index (χ1n) is 9.67. The van der Waals surface area contributed by atoms with Crippen molar-refractivity contribution >= 4 is 34.8 Å². The summed E-state index contributed by atoms with van der Waals surface area (Å²) in [6, 6.07) is 13.1. The summed E-state index contributed by atoms with van der Waals surface area (Å²) in [4.78, 5) is 25.4. The van der Waals surface area contributed by atoms with Crippen LogP contribution in [0.15, 0.2) is 42.5 Å². The molecule has 0 saturated carbocycles. The fourth-order valence-corrected chi connectivity index (χ4v) is 3.62. The van der Waals surface area contributed by atoms with Crippen molar-refractivity contribution in [1.29, 1.82) is 0 Å². The lowest BCUT2D eigenvalue weighted by Crippen LogP contribution is -2.23. The summed E-state index contributed by atoms with van der Waals surface area (Å²) in [5.74, 6) is -0.424. The van der Waals surface area contributed by atoms with Gasteiger partial charge in [-0.1, -0.05) is 73.8 Å². The second-order valence-corrected chi connectivity index (χ2v) is 9.31. The molecule has 0 N–H and O–H groups in total. The van der Waals surface area contributed by atoms with E-state index < -0.39 is 5.41 Å². The number of ketones is 2. The average molecular weight is 443 g/mol. The van der Waals surface area contributed by atoms with E-state index in [1.54, 1.807) is 43.7 Å². The number of Topliss-reactive ketones (excluding diaryl/α,β-unsaturated/α-hetero) is 2. The normalized spacial score (nSPS) is 11.6. The number of aromatic nitrogens is 2. The molecule has 0 aliphatic heterocycles. The third-order valence-corrected chi connectivity index (χ3v) is 5.54. The molecule has 156 valence electrons. The molecule has 4 nitrogen and oxygen atoms in total. The Morgan fingerprint density at radius 2 is 1.63 bits per heavy atom. The molecule has 0 amide bonds. The van der Waals surface area contributed by atoms with Gasteiger partial charge in [0.25, 0.3) is 0 Å². The lowest BCUT2D eigenvalue weighted by atomic mass is 9.87. The molecule has 0 aliphatic rings. The zero-order valence-electron chi connectivity index (χ0n) is 17.7. The van der Waals surface area contributed by atoms with E-state index in [1.165, 1.54) is 0 Å². The number of halogens is 2. The van der Waals surface area contributed by atoms with Gasteiger partial charge in [-0.2, -0.15) is 5.10 Å². The molecule has 0 radical (unpaired) electrons. The number of nitrogens with zero attached hydrogens (tertiary/aromatic N) is 2. The van der Waals surface area contributed by atoms with Crippen LogP contribution in [0.25, 0.3) is 16.9 Å². The van der Waals surface area contributed by atoms with Crippen molar-refractivity contribution in [1.82, 2.24) is 9.78 Å². The lowest BCUT2D eigenvalue weighted by Gasteiger charge is -2.15. The van der Waals surface area contributed by atoms with Crippen LogP contribution < -0.4 is 0 Å². The van der Waals surface area contributed by atoms with Gasteiger partial charge in [-0.05, 0) is 32.0 Å². The van der Waals surface area contributed by atoms with Crippen molar-refractivity contribution in [3.63, 3.8) is 0 Å². The van der Waals surface area contributed by atoms with Crippen molar-refractivity contribution in [2.75, 3.05) is 0 Å². The van der Waals surface area contributed by atoms with Gasteiger partial charge in [0.1, 0.15) is 11.5 Å². The van der Waals surface area contributed by atoms with Crippen LogP contribution in [0.3, 0.4) is 0 Å². The van der Waals surface area contributed by atoms with Gasteiger partial charge in [-0.25, -0.2) is 4.68 Å². The standard InChI is InChI=1S/C24H24Cl2N2O2/c1-14-6-8-16(9-7-14)23-15(2)22(20(29)13-21(30)24(3,4)5)27-28(23)19-11-10-17(25)12-18(19)26/h6-12H,13H2,1-5H3. The van der Waals surface area contributed by atoms with E-state index in [9.17, 15) is 9.59 Å². The van der Waals surface area contributed by atoms with Crippen molar-refractivity contribution in [2.45, 2.75) is 41.0 Å². The number of benzene rings is 2. The second kappa shape index (κ2) is 8.37. The molecule has 2 aromatic carbocycles. The van der Waals surface area contributed by atoms with E-state index >= 15 is 0 Å². The largest absolute Gasteiger partial charge is 0.299 e. The fourth-order valence-electron chi connectivity index (χ4n) is 3.13. The van der Waals surface area contributed by atoms with Crippen LogP contribution in [0.1, 0.15) is 48.8 Å². The number of hydrogen-bond donors (Lipinski definition) is 0. The molecular formula is C24H24Cl2N2O2. The summed E-state index contributed by atoms with van der Waals surface area (Å²) < 4.78 is 1.66. The first kappa shape index (κ1) is 22.3. The molecule has 30 heavy (non-hydrogen) atoms. The summed E-state index contributed by atoms with van der Waals surface area (Å²) in [7, 11) is 0. The average Bonchev–Trinajstić information content (AvgIpc) is 2.98. The van der Waals surface area contributed by atoms with Gasteiger partial charge in [0.05, 0.1) is 22.8 Å². The highest BCUT2D eigenvalue weighted by atomic mass is 35.5. The zero-order valence-corrected chi connectivity index (χ0v) is 19.2. The van der Waals surface area contributed by atoms with E-state index in [0.29, 0.717) is 21.3 Å². The molecule has 0 atom stereocenters. The molecule has 6 heteroatoms. The number of carbonyl (C=O) groups excluding carboxylic acids is 2. The minimum Gasteiger partial charge on any atom is -0.299 e. The highest BCUT2D eigenvalue weighted by molar-refractivity contribution is 6.35. The van der Waals surface area contributed by atoms with Gasteiger partial charge >= 0.3 is 0 Å². The maximum Gasteiger partial charge on any atom is 0.190 e. The van der Waals surface area contributed by atoms with E-state index in [2.05, 4.69) is 5.10 Å². The van der Waals surface area contributed by atoms with Crippen molar-refractivity contribution in [3.05, 3.63) is 69.3 Å². The molecule has 1 aromatic heterocycles. The first-order valence-corrected chi connectivity index (χ1v) is 10.4. The maximum absolute atomic E-state index is 13.0. The van der Waals surface area contributed by atoms with Crippen LogP contribution in [0, 0.1) is 19.3 Å². The molecule has 0 saturated heterocycles. The predicted octanol–water partition coefficient (Wildman–Crippen LogP) is 6.65. The summed E-state index contributed by atoms with van der Waals surface area (Å²) in [6.45, 7) is 9.27. The summed E-state index contributed by atoms with van der Waals surface area (Å²) in [5, 5.41) is 5.52. The fraction of sp³-hybridized carbons (Fsp3) is 0.292. The number of carbonyl (C=O) groups is 2. The van der Waals surface area contributed by atoms with E-state index in [1.807, 2.05) is 38.1 Å². The smallest absolute Gasteiger partial charge is 0.190 e. The van der Waals surface area contributed by atoms with Crippen LogP contribution in [0.4, 0.5) is 0 Å². The Hall–Kier alpha value is -2.43. The van der Waals surface area contributed by atoms with Gasteiger partial charge in [0.15, 0.2) is 5.78 Å². The Morgan fingerprint density at radius 3 is 2.20 bits per heavy atom. The maximum atomic E-state index is 13.0. The van der Waals surface area contributed by atoms with Gasteiger partial charge < -0.3 is 0 Å². The van der Waals surface area contributed by atoms with Crippen LogP contribution in [0.5, 0.6) is 0 Å². The minimum atomic E-state index is -0.592. The molecule has 1 heterocycles. The number of aryl methyl sites for hydroxylation is 1. The quantitative estimate of drug-likeness (QED) is 0.328. The van der Waals surface area contributed by atoms with Crippen LogP contribution in [-0.2, 0) is 4.79 Å². The van der Waals surface area contributed by atoms with Gasteiger partial charge in [0.2, 0.25) is 0 Å². The van der Waals surface area contributed by atoms with Crippen molar-refractivity contribution in [3.8, 4) is 16.9 Å². The second-order valence-electron chi connectivity index (χ2n) is 8.47. The first-order chi connectivity index (χ1) is 14.0. The van der Waals surface area contributed by atoms with Crippen molar-refractivity contribution in [2.24, 2.45) is 5.41 Å². The SMILES string of the molecule is Cc1ccc(-c2c(C)c(C(=O)CC(=O)C(C)(C)C)nn2-c2ccc(Cl)cc2Cl)cc1. The Bertz CT molecular complexity index is 1120. The molecular weight excluding hydrogens is 419 g/mol. The topological polar surface area (TPSA) is 52.0 Å². The monoisotopic (exact) mass is 442 g/mol. The Labute approximate surface area is 186 Å². The summed E-state index contributed by atoms with van der Waals surface area (Å²) >= 11 is 12.5. The Morgan fingerprint density at radius 1 is 1.00 bits per heavy atom. The van der Waals surface area contributed by atoms with E-state index in [-0.39, 0.29) is 23.7 Å². The molecule has 0 bridgehead atoms. The molecule has 0 spiro atoms.